The maximum absolute atomic E-state index is 12.9. The van der Waals surface area contributed by atoms with Crippen LogP contribution in [0.15, 0.2) is 83.8 Å². The zero-order valence-corrected chi connectivity index (χ0v) is 20.1. The van der Waals surface area contributed by atoms with Crippen molar-refractivity contribution in [1.82, 2.24) is 4.31 Å². The molecule has 0 aromatic heterocycles. The average molecular weight is 494 g/mol. The highest BCUT2D eigenvalue weighted by atomic mass is 32.2. The quantitative estimate of drug-likeness (QED) is 0.446. The molecule has 1 saturated carbocycles. The van der Waals surface area contributed by atoms with Crippen molar-refractivity contribution in [2.75, 3.05) is 24.3 Å². The van der Waals surface area contributed by atoms with Crippen LogP contribution in [0.2, 0.25) is 0 Å². The molecule has 2 N–H and O–H groups in total. The van der Waals surface area contributed by atoms with Crippen LogP contribution in [-0.4, -0.2) is 38.2 Å². The Balaban J connectivity index is 1.29. The maximum atomic E-state index is 12.9. The topological polar surface area (TPSA) is 105 Å². The highest BCUT2D eigenvalue weighted by Gasteiger charge is 2.29. The van der Waals surface area contributed by atoms with Crippen LogP contribution < -0.4 is 15.4 Å². The van der Waals surface area contributed by atoms with Crippen LogP contribution in [0.3, 0.4) is 0 Å². The molecule has 3 aromatic rings. The third-order valence-corrected chi connectivity index (χ3v) is 7.33. The first-order chi connectivity index (χ1) is 16.8. The summed E-state index contributed by atoms with van der Waals surface area (Å²) in [5.74, 6) is 0.151. The summed E-state index contributed by atoms with van der Waals surface area (Å²) in [6, 6.07) is 22.2. The molecule has 2 amide bonds. The van der Waals surface area contributed by atoms with E-state index >= 15 is 0 Å². The van der Waals surface area contributed by atoms with Crippen molar-refractivity contribution < 1.29 is 22.7 Å². The first-order valence-electron chi connectivity index (χ1n) is 11.3. The number of rotatable bonds is 10. The van der Waals surface area contributed by atoms with Crippen molar-refractivity contribution in [3.63, 3.8) is 0 Å². The van der Waals surface area contributed by atoms with Crippen molar-refractivity contribution in [3.8, 4) is 5.75 Å². The highest BCUT2D eigenvalue weighted by Crippen LogP contribution is 2.30. The second-order valence-corrected chi connectivity index (χ2v) is 10.4. The van der Waals surface area contributed by atoms with Crippen LogP contribution in [0.25, 0.3) is 0 Å². The minimum atomic E-state index is -3.68. The normalized spacial score (nSPS) is 13.3. The van der Waals surface area contributed by atoms with E-state index in [4.69, 9.17) is 4.74 Å². The summed E-state index contributed by atoms with van der Waals surface area (Å²) < 4.78 is 32.5. The lowest BCUT2D eigenvalue weighted by molar-refractivity contribution is -0.118. The van der Waals surface area contributed by atoms with Gasteiger partial charge < -0.3 is 15.4 Å². The minimum Gasteiger partial charge on any atom is -0.484 e. The lowest BCUT2D eigenvalue weighted by Gasteiger charge is -2.17. The molecule has 0 bridgehead atoms. The molecular weight excluding hydrogens is 466 g/mol. The summed E-state index contributed by atoms with van der Waals surface area (Å²) in [4.78, 5) is 24.3. The number of nitrogens with zero attached hydrogens (tertiary/aromatic N) is 1. The molecule has 8 nitrogen and oxygen atoms in total. The average Bonchev–Trinajstić information content (AvgIpc) is 3.70. The molecule has 0 atom stereocenters. The van der Waals surface area contributed by atoms with E-state index in [1.54, 1.807) is 24.3 Å². The molecular formula is C26H27N3O5S. The van der Waals surface area contributed by atoms with Crippen LogP contribution in [0.1, 0.15) is 18.4 Å². The number of benzene rings is 3. The van der Waals surface area contributed by atoms with Crippen molar-refractivity contribution >= 4 is 33.2 Å². The summed E-state index contributed by atoms with van der Waals surface area (Å²) in [6.07, 6.45) is 1.83. The number of hydrogen-bond donors (Lipinski definition) is 2. The number of carbonyl (C=O) groups excluding carboxylic acids is 2. The standard InChI is InChI=1S/C26H27N3O5S/c1-29(17-19-6-3-2-4-7-19)35(32,33)24-14-12-21(13-15-24)27-25(30)18-34-23-9-5-8-22(16-23)28-26(31)20-10-11-20/h2-9,12-16,20H,10-11,17-18H2,1H3,(H,27,30)(H,28,31). The van der Waals surface area contributed by atoms with Gasteiger partial charge in [-0.15, -0.1) is 0 Å². The van der Waals surface area contributed by atoms with Gasteiger partial charge in [0.05, 0.1) is 4.90 Å². The smallest absolute Gasteiger partial charge is 0.262 e. The van der Waals surface area contributed by atoms with E-state index in [1.807, 2.05) is 30.3 Å². The largest absolute Gasteiger partial charge is 0.484 e. The third kappa shape index (κ3) is 6.68. The first-order valence-corrected chi connectivity index (χ1v) is 12.7. The molecule has 0 spiro atoms. The van der Waals surface area contributed by atoms with Crippen LogP contribution >= 0.6 is 0 Å². The number of sulfonamides is 1. The van der Waals surface area contributed by atoms with Gasteiger partial charge in [0.15, 0.2) is 6.61 Å². The minimum absolute atomic E-state index is 0.00314. The van der Waals surface area contributed by atoms with E-state index < -0.39 is 15.9 Å². The van der Waals surface area contributed by atoms with Gasteiger partial charge in [-0.05, 0) is 54.8 Å². The van der Waals surface area contributed by atoms with E-state index in [0.717, 1.165) is 18.4 Å². The fourth-order valence-corrected chi connectivity index (χ4v) is 4.57. The number of amides is 2. The van der Waals surface area contributed by atoms with Crippen molar-refractivity contribution in [2.24, 2.45) is 5.92 Å². The van der Waals surface area contributed by atoms with Crippen molar-refractivity contribution in [2.45, 2.75) is 24.3 Å². The zero-order valence-electron chi connectivity index (χ0n) is 19.3. The SMILES string of the molecule is CN(Cc1ccccc1)S(=O)(=O)c1ccc(NC(=O)COc2cccc(NC(=O)C3CC3)c2)cc1. The molecule has 9 heteroatoms. The fourth-order valence-electron chi connectivity index (χ4n) is 3.42. The summed E-state index contributed by atoms with van der Waals surface area (Å²) in [5, 5.41) is 5.53. The van der Waals surface area contributed by atoms with Crippen molar-refractivity contribution in [3.05, 3.63) is 84.4 Å². The van der Waals surface area contributed by atoms with Gasteiger partial charge in [0, 0.05) is 37.0 Å². The molecule has 0 radical (unpaired) electrons. The number of ether oxygens (including phenoxy) is 1. The molecule has 0 heterocycles. The second kappa shape index (κ2) is 10.7. The number of nitrogens with one attached hydrogen (secondary N) is 2. The van der Waals surface area contributed by atoms with Gasteiger partial charge in [-0.3, -0.25) is 9.59 Å². The van der Waals surface area contributed by atoms with Gasteiger partial charge >= 0.3 is 0 Å². The molecule has 4 rings (SSSR count). The molecule has 0 aliphatic heterocycles. The predicted octanol–water partition coefficient (Wildman–Crippen LogP) is 3.87. The Morgan fingerprint density at radius 3 is 2.31 bits per heavy atom. The van der Waals surface area contributed by atoms with Crippen LogP contribution in [0.4, 0.5) is 11.4 Å². The van der Waals surface area contributed by atoms with Crippen molar-refractivity contribution in [1.29, 1.82) is 0 Å². The predicted molar refractivity (Wildman–Crippen MR) is 133 cm³/mol. The zero-order chi connectivity index (χ0) is 24.8. The van der Waals surface area contributed by atoms with Crippen LogP contribution in [0, 0.1) is 5.92 Å². The summed E-state index contributed by atoms with van der Waals surface area (Å²) in [6.45, 7) is 0.0182. The maximum Gasteiger partial charge on any atom is 0.262 e. The van der Waals surface area contributed by atoms with Gasteiger partial charge in [-0.2, -0.15) is 4.31 Å². The Bertz CT molecular complexity index is 1290. The summed E-state index contributed by atoms with van der Waals surface area (Å²) in [5.41, 5.74) is 1.96. The molecule has 0 saturated heterocycles. The molecule has 1 fully saturated rings. The first kappa shape index (κ1) is 24.4. The lowest BCUT2D eigenvalue weighted by Crippen LogP contribution is -2.26. The van der Waals surface area contributed by atoms with Gasteiger partial charge in [0.25, 0.3) is 5.91 Å². The van der Waals surface area contributed by atoms with E-state index in [9.17, 15) is 18.0 Å². The summed E-state index contributed by atoms with van der Waals surface area (Å²) in [7, 11) is -2.15. The van der Waals surface area contributed by atoms with Gasteiger partial charge in [-0.1, -0.05) is 36.4 Å². The third-order valence-electron chi connectivity index (χ3n) is 5.51. The molecule has 1 aliphatic rings. The Hall–Kier alpha value is -3.69. The molecule has 0 unspecified atom stereocenters. The monoisotopic (exact) mass is 493 g/mol. The Morgan fingerprint density at radius 1 is 0.914 bits per heavy atom. The van der Waals surface area contributed by atoms with Gasteiger partial charge in [0.1, 0.15) is 5.75 Å². The molecule has 182 valence electrons. The molecule has 1 aliphatic carbocycles. The Kier molecular flexibility index (Phi) is 7.48. The van der Waals surface area contributed by atoms with Crippen LogP contribution in [-0.2, 0) is 26.2 Å². The second-order valence-electron chi connectivity index (χ2n) is 8.40. The van der Waals surface area contributed by atoms with E-state index in [0.29, 0.717) is 17.1 Å². The highest BCUT2D eigenvalue weighted by molar-refractivity contribution is 7.89. The lowest BCUT2D eigenvalue weighted by atomic mass is 10.2. The van der Waals surface area contributed by atoms with Gasteiger partial charge in [0.2, 0.25) is 15.9 Å². The van der Waals surface area contributed by atoms with E-state index in [-0.39, 0.29) is 29.9 Å². The van der Waals surface area contributed by atoms with E-state index in [2.05, 4.69) is 10.6 Å². The number of carbonyl (C=O) groups is 2. The fraction of sp³-hybridized carbons (Fsp3) is 0.231. The molecule has 3 aromatic carbocycles. The number of anilines is 2. The van der Waals surface area contributed by atoms with Gasteiger partial charge in [-0.25, -0.2) is 8.42 Å². The van der Waals surface area contributed by atoms with Crippen LogP contribution in [0.5, 0.6) is 5.75 Å². The Labute approximate surface area is 205 Å². The molecule has 35 heavy (non-hydrogen) atoms. The summed E-state index contributed by atoms with van der Waals surface area (Å²) >= 11 is 0. The van der Waals surface area contributed by atoms with E-state index in [1.165, 1.54) is 35.6 Å². The number of hydrogen-bond acceptors (Lipinski definition) is 5. The Morgan fingerprint density at radius 2 is 1.63 bits per heavy atom.